The van der Waals surface area contributed by atoms with Crippen molar-refractivity contribution in [3.63, 3.8) is 0 Å². The van der Waals surface area contributed by atoms with Crippen LogP contribution in [-0.4, -0.2) is 17.4 Å². The number of pyridine rings is 1. The van der Waals surface area contributed by atoms with Gasteiger partial charge in [-0.3, -0.25) is 4.79 Å². The maximum atomic E-state index is 13.2. The summed E-state index contributed by atoms with van der Waals surface area (Å²) in [7, 11) is 0. The van der Waals surface area contributed by atoms with Crippen molar-refractivity contribution in [1.82, 2.24) is 10.3 Å². The van der Waals surface area contributed by atoms with Crippen LogP contribution in [0.25, 0.3) is 11.1 Å². The number of hydrogen-bond acceptors (Lipinski definition) is 2. The summed E-state index contributed by atoms with van der Waals surface area (Å²) in [5.41, 5.74) is 4.56. The van der Waals surface area contributed by atoms with Crippen molar-refractivity contribution in [2.45, 2.75) is 13.3 Å². The molecule has 0 aliphatic carbocycles. The van der Waals surface area contributed by atoms with Gasteiger partial charge in [-0.25, -0.2) is 4.98 Å². The molecule has 3 rings (SSSR count). The van der Waals surface area contributed by atoms with Gasteiger partial charge in [-0.2, -0.15) is 4.39 Å². The van der Waals surface area contributed by atoms with Crippen LogP contribution in [0.5, 0.6) is 0 Å². The lowest BCUT2D eigenvalue weighted by molar-refractivity contribution is 0.0946. The van der Waals surface area contributed by atoms with Crippen molar-refractivity contribution in [1.29, 1.82) is 0 Å². The SMILES string of the molecule is Cc1c(-c2ccnc(F)c2)ccc2c1CCNC2=O. The average Bonchev–Trinajstić information content (AvgIpc) is 2.40. The fourth-order valence-electron chi connectivity index (χ4n) is 2.57. The summed E-state index contributed by atoms with van der Waals surface area (Å²) in [4.78, 5) is 15.3. The Morgan fingerprint density at radius 3 is 2.84 bits per heavy atom. The van der Waals surface area contributed by atoms with Crippen LogP contribution in [0.4, 0.5) is 4.39 Å². The van der Waals surface area contributed by atoms with Gasteiger partial charge in [-0.05, 0) is 47.7 Å². The van der Waals surface area contributed by atoms with E-state index in [0.29, 0.717) is 6.54 Å². The molecule has 0 unspecified atom stereocenters. The lowest BCUT2D eigenvalue weighted by Gasteiger charge is -2.20. The summed E-state index contributed by atoms with van der Waals surface area (Å²) < 4.78 is 13.2. The van der Waals surface area contributed by atoms with E-state index in [0.717, 1.165) is 34.2 Å². The Kier molecular flexibility index (Phi) is 2.78. The first kappa shape index (κ1) is 11.8. The first-order valence-corrected chi connectivity index (χ1v) is 6.19. The third kappa shape index (κ3) is 1.99. The van der Waals surface area contributed by atoms with Crippen LogP contribution in [-0.2, 0) is 6.42 Å². The minimum Gasteiger partial charge on any atom is -0.352 e. The number of amides is 1. The molecule has 1 aromatic heterocycles. The molecule has 1 amide bonds. The second-order valence-corrected chi connectivity index (χ2v) is 4.64. The van der Waals surface area contributed by atoms with E-state index in [1.54, 1.807) is 6.07 Å². The largest absolute Gasteiger partial charge is 0.352 e. The molecular weight excluding hydrogens is 243 g/mol. The van der Waals surface area contributed by atoms with Crippen LogP contribution in [0.3, 0.4) is 0 Å². The van der Waals surface area contributed by atoms with E-state index in [2.05, 4.69) is 10.3 Å². The molecule has 0 saturated carbocycles. The molecule has 1 N–H and O–H groups in total. The normalized spacial score (nSPS) is 13.9. The Morgan fingerprint density at radius 1 is 1.26 bits per heavy atom. The van der Waals surface area contributed by atoms with E-state index >= 15 is 0 Å². The Morgan fingerprint density at radius 2 is 2.05 bits per heavy atom. The molecule has 2 heterocycles. The van der Waals surface area contributed by atoms with E-state index in [-0.39, 0.29) is 5.91 Å². The molecule has 0 saturated heterocycles. The standard InChI is InChI=1S/C15H13FN2O/c1-9-11(10-4-6-17-14(16)8-10)2-3-13-12(9)5-7-18-15(13)19/h2-4,6,8H,5,7H2,1H3,(H,18,19). The van der Waals surface area contributed by atoms with E-state index < -0.39 is 5.95 Å². The molecule has 0 spiro atoms. The molecule has 0 atom stereocenters. The molecule has 2 aromatic rings. The number of hydrogen-bond donors (Lipinski definition) is 1. The van der Waals surface area contributed by atoms with E-state index in [9.17, 15) is 9.18 Å². The molecule has 96 valence electrons. The van der Waals surface area contributed by atoms with E-state index in [1.807, 2.05) is 19.1 Å². The second-order valence-electron chi connectivity index (χ2n) is 4.64. The van der Waals surface area contributed by atoms with Gasteiger partial charge >= 0.3 is 0 Å². The molecule has 1 aromatic carbocycles. The highest BCUT2D eigenvalue weighted by Crippen LogP contribution is 2.29. The van der Waals surface area contributed by atoms with Gasteiger partial charge in [0, 0.05) is 24.4 Å². The fraction of sp³-hybridized carbons (Fsp3) is 0.200. The smallest absolute Gasteiger partial charge is 0.251 e. The number of fused-ring (bicyclic) bond motifs is 1. The number of benzene rings is 1. The zero-order valence-electron chi connectivity index (χ0n) is 10.5. The Bertz CT molecular complexity index is 667. The third-order valence-electron chi connectivity index (χ3n) is 3.54. The monoisotopic (exact) mass is 256 g/mol. The first-order chi connectivity index (χ1) is 9.16. The highest BCUT2D eigenvalue weighted by Gasteiger charge is 2.20. The van der Waals surface area contributed by atoms with E-state index in [4.69, 9.17) is 0 Å². The van der Waals surface area contributed by atoms with Crippen LogP contribution in [0.1, 0.15) is 21.5 Å². The molecule has 0 fully saturated rings. The van der Waals surface area contributed by atoms with Crippen LogP contribution < -0.4 is 5.32 Å². The molecule has 4 heteroatoms. The molecule has 19 heavy (non-hydrogen) atoms. The highest BCUT2D eigenvalue weighted by atomic mass is 19.1. The summed E-state index contributed by atoms with van der Waals surface area (Å²) in [6.45, 7) is 2.63. The highest BCUT2D eigenvalue weighted by molar-refractivity contribution is 5.98. The number of carbonyl (C=O) groups excluding carboxylic acids is 1. The van der Waals surface area contributed by atoms with Gasteiger partial charge in [0.2, 0.25) is 5.95 Å². The Labute approximate surface area is 110 Å². The Hall–Kier alpha value is -2.23. The summed E-state index contributed by atoms with van der Waals surface area (Å²) in [6, 6.07) is 6.87. The van der Waals surface area contributed by atoms with Crippen LogP contribution in [0.15, 0.2) is 30.5 Å². The summed E-state index contributed by atoms with van der Waals surface area (Å²) >= 11 is 0. The van der Waals surface area contributed by atoms with Gasteiger partial charge < -0.3 is 5.32 Å². The van der Waals surface area contributed by atoms with Crippen molar-refractivity contribution < 1.29 is 9.18 Å². The minimum absolute atomic E-state index is 0.0307. The maximum Gasteiger partial charge on any atom is 0.251 e. The zero-order valence-corrected chi connectivity index (χ0v) is 10.5. The van der Waals surface area contributed by atoms with Gasteiger partial charge in [0.05, 0.1) is 0 Å². The predicted octanol–water partition coefficient (Wildman–Crippen LogP) is 2.48. The molecule has 3 nitrogen and oxygen atoms in total. The third-order valence-corrected chi connectivity index (χ3v) is 3.54. The number of aromatic nitrogens is 1. The van der Waals surface area contributed by atoms with Gasteiger partial charge in [0.25, 0.3) is 5.91 Å². The van der Waals surface area contributed by atoms with Crippen LogP contribution in [0.2, 0.25) is 0 Å². The van der Waals surface area contributed by atoms with Crippen LogP contribution >= 0.6 is 0 Å². The predicted molar refractivity (Wildman–Crippen MR) is 70.4 cm³/mol. The molecular formula is C15H13FN2O. The quantitative estimate of drug-likeness (QED) is 0.796. The van der Waals surface area contributed by atoms with Crippen molar-refractivity contribution in [3.8, 4) is 11.1 Å². The summed E-state index contributed by atoms with van der Waals surface area (Å²) in [5, 5.41) is 2.82. The number of carbonyl (C=O) groups is 1. The van der Waals surface area contributed by atoms with Crippen molar-refractivity contribution in [2.24, 2.45) is 0 Å². The van der Waals surface area contributed by atoms with Crippen molar-refractivity contribution in [2.75, 3.05) is 6.54 Å². The lowest BCUT2D eigenvalue weighted by atomic mass is 9.89. The lowest BCUT2D eigenvalue weighted by Crippen LogP contribution is -2.32. The summed E-state index contributed by atoms with van der Waals surface area (Å²) in [5.74, 6) is -0.524. The molecule has 1 aliphatic heterocycles. The topological polar surface area (TPSA) is 42.0 Å². The maximum absolute atomic E-state index is 13.2. The Balaban J connectivity index is 2.17. The average molecular weight is 256 g/mol. The second kappa shape index (κ2) is 4.46. The molecule has 0 bridgehead atoms. The number of halogens is 1. The fourth-order valence-corrected chi connectivity index (χ4v) is 2.57. The number of nitrogens with zero attached hydrogens (tertiary/aromatic N) is 1. The molecule has 1 aliphatic rings. The number of rotatable bonds is 1. The number of nitrogens with one attached hydrogen (secondary N) is 1. The minimum atomic E-state index is -0.493. The van der Waals surface area contributed by atoms with E-state index in [1.165, 1.54) is 12.3 Å². The summed E-state index contributed by atoms with van der Waals surface area (Å²) in [6.07, 6.45) is 2.27. The zero-order chi connectivity index (χ0) is 13.4. The van der Waals surface area contributed by atoms with Gasteiger partial charge in [-0.1, -0.05) is 6.07 Å². The van der Waals surface area contributed by atoms with Gasteiger partial charge in [-0.15, -0.1) is 0 Å². The van der Waals surface area contributed by atoms with Crippen molar-refractivity contribution >= 4 is 5.91 Å². The molecule has 0 radical (unpaired) electrons. The van der Waals surface area contributed by atoms with Gasteiger partial charge in [0.15, 0.2) is 0 Å². The van der Waals surface area contributed by atoms with Crippen molar-refractivity contribution in [3.05, 3.63) is 53.1 Å². The van der Waals surface area contributed by atoms with Crippen LogP contribution in [0, 0.1) is 12.9 Å². The van der Waals surface area contributed by atoms with Gasteiger partial charge in [0.1, 0.15) is 0 Å². The first-order valence-electron chi connectivity index (χ1n) is 6.19.